The van der Waals surface area contributed by atoms with E-state index in [-0.39, 0.29) is 18.6 Å². The molecule has 0 spiro atoms. The third kappa shape index (κ3) is 6.93. The van der Waals surface area contributed by atoms with Crippen LogP contribution in [0.5, 0.6) is 0 Å². The lowest BCUT2D eigenvalue weighted by atomic mass is 9.78. The zero-order valence-corrected chi connectivity index (χ0v) is 12.9. The predicted molar refractivity (Wildman–Crippen MR) is 74.7 cm³/mol. The molecular formula is C15H28F3NO. The van der Waals surface area contributed by atoms with E-state index >= 15 is 0 Å². The molecule has 1 saturated carbocycles. The lowest BCUT2D eigenvalue weighted by Crippen LogP contribution is -2.48. The average Bonchev–Trinajstić information content (AvgIpc) is 2.31. The van der Waals surface area contributed by atoms with E-state index in [1.165, 1.54) is 6.42 Å². The first kappa shape index (κ1) is 17.8. The van der Waals surface area contributed by atoms with E-state index in [9.17, 15) is 13.2 Å². The number of hydrogen-bond donors (Lipinski definition) is 1. The molecule has 1 aliphatic carbocycles. The van der Waals surface area contributed by atoms with Crippen LogP contribution in [0.15, 0.2) is 0 Å². The Bertz CT molecular complexity index is 281. The number of halogens is 3. The van der Waals surface area contributed by atoms with E-state index in [4.69, 9.17) is 4.74 Å². The fourth-order valence-electron chi connectivity index (χ4n) is 2.91. The molecule has 0 aromatic rings. The summed E-state index contributed by atoms with van der Waals surface area (Å²) in [7, 11) is 0. The van der Waals surface area contributed by atoms with Crippen LogP contribution in [0.3, 0.4) is 0 Å². The van der Waals surface area contributed by atoms with Crippen LogP contribution in [0.4, 0.5) is 13.2 Å². The molecule has 1 fully saturated rings. The van der Waals surface area contributed by atoms with Gasteiger partial charge in [-0.15, -0.1) is 0 Å². The second-order valence-electron chi connectivity index (χ2n) is 6.49. The highest BCUT2D eigenvalue weighted by Crippen LogP contribution is 2.35. The molecule has 0 aliphatic heterocycles. The van der Waals surface area contributed by atoms with Gasteiger partial charge >= 0.3 is 6.18 Å². The first-order chi connectivity index (χ1) is 9.22. The van der Waals surface area contributed by atoms with Crippen LogP contribution in [-0.4, -0.2) is 31.0 Å². The minimum Gasteiger partial charge on any atom is -0.374 e. The topological polar surface area (TPSA) is 21.3 Å². The summed E-state index contributed by atoms with van der Waals surface area (Å²) in [6.45, 7) is 7.28. The second-order valence-corrected chi connectivity index (χ2v) is 6.49. The van der Waals surface area contributed by atoms with Crippen molar-refractivity contribution in [1.29, 1.82) is 0 Å². The number of ether oxygens (including phenoxy) is 1. The molecule has 0 saturated heterocycles. The molecule has 120 valence electrons. The van der Waals surface area contributed by atoms with Gasteiger partial charge in [0, 0.05) is 25.6 Å². The highest BCUT2D eigenvalue weighted by atomic mass is 19.4. The molecule has 2 unspecified atom stereocenters. The third-order valence-electron chi connectivity index (χ3n) is 3.90. The van der Waals surface area contributed by atoms with Crippen molar-refractivity contribution in [3.8, 4) is 0 Å². The Kier molecular flexibility index (Phi) is 6.79. The van der Waals surface area contributed by atoms with Crippen molar-refractivity contribution in [3.05, 3.63) is 0 Å². The van der Waals surface area contributed by atoms with Gasteiger partial charge in [-0.1, -0.05) is 33.6 Å². The van der Waals surface area contributed by atoms with E-state index in [1.54, 1.807) is 0 Å². The van der Waals surface area contributed by atoms with Crippen LogP contribution in [0.2, 0.25) is 0 Å². The molecule has 20 heavy (non-hydrogen) atoms. The van der Waals surface area contributed by atoms with E-state index in [1.807, 2.05) is 0 Å². The fourth-order valence-corrected chi connectivity index (χ4v) is 2.91. The van der Waals surface area contributed by atoms with Gasteiger partial charge in [0.2, 0.25) is 0 Å². The lowest BCUT2D eigenvalue weighted by Gasteiger charge is -2.40. The molecule has 0 radical (unpaired) electrons. The number of nitrogens with one attached hydrogen (secondary N) is 1. The van der Waals surface area contributed by atoms with Crippen molar-refractivity contribution in [2.75, 3.05) is 13.2 Å². The van der Waals surface area contributed by atoms with Crippen molar-refractivity contribution < 1.29 is 17.9 Å². The summed E-state index contributed by atoms with van der Waals surface area (Å²) < 4.78 is 42.4. The van der Waals surface area contributed by atoms with Crippen LogP contribution in [0.1, 0.15) is 59.3 Å². The number of rotatable bonds is 7. The van der Waals surface area contributed by atoms with Crippen molar-refractivity contribution in [2.45, 2.75) is 77.1 Å². The Balaban J connectivity index is 2.45. The fraction of sp³-hybridized carbons (Fsp3) is 1.00. The number of hydrogen-bond acceptors (Lipinski definition) is 2. The van der Waals surface area contributed by atoms with Gasteiger partial charge < -0.3 is 10.1 Å². The molecule has 0 amide bonds. The van der Waals surface area contributed by atoms with Gasteiger partial charge in [0.15, 0.2) is 0 Å². The summed E-state index contributed by atoms with van der Waals surface area (Å²) in [5.41, 5.74) is -0.270. The van der Waals surface area contributed by atoms with Crippen LogP contribution >= 0.6 is 0 Å². The smallest absolute Gasteiger partial charge is 0.374 e. The summed E-state index contributed by atoms with van der Waals surface area (Å²) in [5.74, 6) is 0.584. The maximum atomic E-state index is 12.2. The monoisotopic (exact) mass is 295 g/mol. The maximum absolute atomic E-state index is 12.2. The average molecular weight is 295 g/mol. The van der Waals surface area contributed by atoms with E-state index in [0.717, 1.165) is 25.8 Å². The molecule has 1 aliphatic rings. The second kappa shape index (κ2) is 7.64. The van der Waals surface area contributed by atoms with Crippen LogP contribution in [0.25, 0.3) is 0 Å². The van der Waals surface area contributed by atoms with Gasteiger partial charge in [-0.3, -0.25) is 0 Å². The first-order valence-electron chi connectivity index (χ1n) is 7.66. The quantitative estimate of drug-likeness (QED) is 0.707. The van der Waals surface area contributed by atoms with Gasteiger partial charge in [0.1, 0.15) is 0 Å². The van der Waals surface area contributed by atoms with Gasteiger partial charge in [0.05, 0.1) is 5.60 Å². The Labute approximate surface area is 120 Å². The summed E-state index contributed by atoms with van der Waals surface area (Å²) in [5, 5.41) is 3.39. The predicted octanol–water partition coefficient (Wildman–Crippen LogP) is 4.29. The zero-order chi connectivity index (χ0) is 15.2. The van der Waals surface area contributed by atoms with E-state index < -0.39 is 12.6 Å². The summed E-state index contributed by atoms with van der Waals surface area (Å²) in [6.07, 6.45) is -0.596. The van der Waals surface area contributed by atoms with Crippen molar-refractivity contribution in [2.24, 2.45) is 5.92 Å². The molecule has 1 N–H and O–H groups in total. The molecular weight excluding hydrogens is 267 g/mol. The SMILES string of the molecule is CC1CCCC(CNC(C)C)(OCCCC(F)(F)F)C1. The molecule has 2 nitrogen and oxygen atoms in total. The lowest BCUT2D eigenvalue weighted by molar-refractivity contribution is -0.144. The van der Waals surface area contributed by atoms with Gasteiger partial charge in [-0.05, 0) is 25.2 Å². The van der Waals surface area contributed by atoms with Crippen LogP contribution in [-0.2, 0) is 4.74 Å². The molecule has 5 heteroatoms. The normalized spacial score (nSPS) is 28.1. The highest BCUT2D eigenvalue weighted by molar-refractivity contribution is 4.89. The van der Waals surface area contributed by atoms with Crippen molar-refractivity contribution in [1.82, 2.24) is 5.32 Å². The van der Waals surface area contributed by atoms with Crippen LogP contribution < -0.4 is 5.32 Å². The number of alkyl halides is 3. The minimum atomic E-state index is -4.08. The third-order valence-corrected chi connectivity index (χ3v) is 3.90. The Morgan fingerprint density at radius 2 is 2.05 bits per heavy atom. The summed E-state index contributed by atoms with van der Waals surface area (Å²) >= 11 is 0. The summed E-state index contributed by atoms with van der Waals surface area (Å²) in [4.78, 5) is 0. The largest absolute Gasteiger partial charge is 0.389 e. The maximum Gasteiger partial charge on any atom is 0.389 e. The van der Waals surface area contributed by atoms with Crippen molar-refractivity contribution in [3.63, 3.8) is 0 Å². The molecule has 0 aromatic carbocycles. The van der Waals surface area contributed by atoms with E-state index in [0.29, 0.717) is 12.0 Å². The van der Waals surface area contributed by atoms with Gasteiger partial charge in [-0.25, -0.2) is 0 Å². The van der Waals surface area contributed by atoms with Crippen LogP contribution in [0, 0.1) is 5.92 Å². The van der Waals surface area contributed by atoms with Crippen molar-refractivity contribution >= 4 is 0 Å². The highest BCUT2D eigenvalue weighted by Gasteiger charge is 2.36. The molecule has 1 rings (SSSR count). The Morgan fingerprint density at radius 3 is 2.60 bits per heavy atom. The summed E-state index contributed by atoms with van der Waals surface area (Å²) in [6, 6.07) is 0.364. The van der Waals surface area contributed by atoms with Gasteiger partial charge in [0.25, 0.3) is 0 Å². The molecule has 0 bridgehead atoms. The van der Waals surface area contributed by atoms with Gasteiger partial charge in [-0.2, -0.15) is 13.2 Å². The Hall–Kier alpha value is -0.290. The zero-order valence-electron chi connectivity index (χ0n) is 12.9. The minimum absolute atomic E-state index is 0.0569. The van der Waals surface area contributed by atoms with E-state index in [2.05, 4.69) is 26.1 Å². The first-order valence-corrected chi connectivity index (χ1v) is 7.66. The molecule has 2 atom stereocenters. The molecule has 0 heterocycles. The Morgan fingerprint density at radius 1 is 1.35 bits per heavy atom. The standard InChI is InChI=1S/C15H28F3NO/c1-12(2)19-11-14(7-4-6-13(3)10-14)20-9-5-8-15(16,17)18/h12-13,19H,4-11H2,1-3H3. The molecule has 0 aromatic heterocycles.